The van der Waals surface area contributed by atoms with Crippen molar-refractivity contribution in [2.75, 3.05) is 30.5 Å². The van der Waals surface area contributed by atoms with E-state index in [0.717, 1.165) is 16.8 Å². The Morgan fingerprint density at radius 2 is 1.49 bits per heavy atom. The van der Waals surface area contributed by atoms with E-state index in [2.05, 4.69) is 10.3 Å². The molecule has 0 saturated carbocycles. The number of esters is 1. The fraction of sp³-hybridized carbons (Fsp3) is 0.179. The number of para-hydroxylation sites is 2. The zero-order valence-electron chi connectivity index (χ0n) is 26.3. The van der Waals surface area contributed by atoms with Crippen molar-refractivity contribution in [1.29, 1.82) is 0 Å². The van der Waals surface area contributed by atoms with Crippen molar-refractivity contribution >= 4 is 29.0 Å². The van der Waals surface area contributed by atoms with E-state index in [0.29, 0.717) is 55.0 Å². The number of anilines is 2. The first-order valence-corrected chi connectivity index (χ1v) is 15.5. The van der Waals surface area contributed by atoms with Gasteiger partial charge in [0.1, 0.15) is 18.4 Å². The molecule has 5 aromatic rings. The monoisotopic (exact) mass is 627 g/mol. The molecule has 1 atom stereocenters. The highest BCUT2D eigenvalue weighted by atomic mass is 16.5. The number of amides is 1. The van der Waals surface area contributed by atoms with Gasteiger partial charge < -0.3 is 19.7 Å². The van der Waals surface area contributed by atoms with Gasteiger partial charge in [-0.15, -0.1) is 0 Å². The van der Waals surface area contributed by atoms with E-state index in [-0.39, 0.29) is 11.7 Å². The van der Waals surface area contributed by atoms with Crippen LogP contribution in [0.2, 0.25) is 0 Å². The SMILES string of the molecule is COC(=O)C(Cc1ccc(OCCN(C(=O)CCc2cccnc2)c2ccccc2)cc1)Nc1ccccc1C(=O)c1ccccc1. The predicted molar refractivity (Wildman–Crippen MR) is 183 cm³/mol. The van der Waals surface area contributed by atoms with Gasteiger partial charge in [-0.2, -0.15) is 0 Å². The predicted octanol–water partition coefficient (Wildman–Crippen LogP) is 6.55. The molecular formula is C39H37N3O5. The number of nitrogens with zero attached hydrogens (tertiary/aromatic N) is 2. The van der Waals surface area contributed by atoms with E-state index in [1.807, 2.05) is 91.0 Å². The zero-order chi connectivity index (χ0) is 32.8. The van der Waals surface area contributed by atoms with E-state index >= 15 is 0 Å². The van der Waals surface area contributed by atoms with Gasteiger partial charge in [-0.1, -0.05) is 78.9 Å². The average Bonchev–Trinajstić information content (AvgIpc) is 3.13. The van der Waals surface area contributed by atoms with E-state index in [4.69, 9.17) is 9.47 Å². The molecule has 1 unspecified atom stereocenters. The molecule has 0 aliphatic heterocycles. The summed E-state index contributed by atoms with van der Waals surface area (Å²) in [5.41, 5.74) is 4.29. The summed E-state index contributed by atoms with van der Waals surface area (Å²) in [6.45, 7) is 0.679. The number of ketones is 1. The Bertz CT molecular complexity index is 1750. The summed E-state index contributed by atoms with van der Waals surface area (Å²) in [5, 5.41) is 3.24. The van der Waals surface area contributed by atoms with E-state index < -0.39 is 12.0 Å². The summed E-state index contributed by atoms with van der Waals surface area (Å²) in [7, 11) is 1.34. The van der Waals surface area contributed by atoms with Crippen molar-refractivity contribution in [3.05, 3.63) is 156 Å². The van der Waals surface area contributed by atoms with Crippen LogP contribution < -0.4 is 15.0 Å². The largest absolute Gasteiger partial charge is 0.492 e. The van der Waals surface area contributed by atoms with Gasteiger partial charge in [0.25, 0.3) is 0 Å². The van der Waals surface area contributed by atoms with Gasteiger partial charge in [0.2, 0.25) is 5.91 Å². The minimum Gasteiger partial charge on any atom is -0.492 e. The molecule has 0 aliphatic carbocycles. The number of nitrogens with one attached hydrogen (secondary N) is 1. The molecule has 1 amide bonds. The Kier molecular flexibility index (Phi) is 11.5. The molecule has 1 aromatic heterocycles. The molecule has 8 heteroatoms. The normalized spacial score (nSPS) is 11.3. The summed E-state index contributed by atoms with van der Waals surface area (Å²) in [4.78, 5) is 45.2. The number of benzene rings is 4. The minimum atomic E-state index is -0.728. The van der Waals surface area contributed by atoms with Gasteiger partial charge in [-0.05, 0) is 60.0 Å². The highest BCUT2D eigenvalue weighted by Crippen LogP contribution is 2.23. The van der Waals surface area contributed by atoms with Crippen LogP contribution in [-0.4, -0.2) is 48.9 Å². The number of methoxy groups -OCH3 is 1. The maximum absolute atomic E-state index is 13.2. The van der Waals surface area contributed by atoms with Crippen LogP contribution in [0.3, 0.4) is 0 Å². The number of aryl methyl sites for hydroxylation is 1. The van der Waals surface area contributed by atoms with Gasteiger partial charge in [-0.3, -0.25) is 14.6 Å². The average molecular weight is 628 g/mol. The summed E-state index contributed by atoms with van der Waals surface area (Å²) < 4.78 is 11.1. The van der Waals surface area contributed by atoms with Crippen LogP contribution >= 0.6 is 0 Å². The molecule has 0 bridgehead atoms. The molecule has 0 aliphatic rings. The number of pyridine rings is 1. The van der Waals surface area contributed by atoms with Crippen LogP contribution in [0.1, 0.15) is 33.5 Å². The van der Waals surface area contributed by atoms with Crippen molar-refractivity contribution in [1.82, 2.24) is 4.98 Å². The third kappa shape index (κ3) is 9.14. The lowest BCUT2D eigenvalue weighted by Gasteiger charge is -2.23. The van der Waals surface area contributed by atoms with Crippen molar-refractivity contribution < 1.29 is 23.9 Å². The highest BCUT2D eigenvalue weighted by molar-refractivity contribution is 6.12. The lowest BCUT2D eigenvalue weighted by atomic mass is 10.00. The number of ether oxygens (including phenoxy) is 2. The number of carbonyl (C=O) groups is 3. The molecular weight excluding hydrogens is 590 g/mol. The standard InChI is InChI=1S/C39H37N3O5/c1-46-39(45)36(41-35-17-9-8-16-34(35)38(44)31-12-4-2-5-13-31)27-29-18-21-33(22-19-29)47-26-25-42(32-14-6-3-7-15-32)37(43)23-20-30-11-10-24-40-28-30/h2-19,21-22,24,28,36,41H,20,23,25-27H2,1H3. The Balaban J connectivity index is 1.20. The molecule has 0 saturated heterocycles. The number of carbonyl (C=O) groups excluding carboxylic acids is 3. The van der Waals surface area contributed by atoms with Gasteiger partial charge in [0.05, 0.1) is 13.7 Å². The summed E-state index contributed by atoms with van der Waals surface area (Å²) in [5.74, 6) is 0.0691. The molecule has 8 nitrogen and oxygen atoms in total. The number of rotatable bonds is 15. The van der Waals surface area contributed by atoms with Crippen LogP contribution in [0.5, 0.6) is 5.75 Å². The molecule has 0 radical (unpaired) electrons. The molecule has 47 heavy (non-hydrogen) atoms. The van der Waals surface area contributed by atoms with Crippen LogP contribution in [0.25, 0.3) is 0 Å². The van der Waals surface area contributed by atoms with E-state index in [9.17, 15) is 14.4 Å². The van der Waals surface area contributed by atoms with Crippen molar-refractivity contribution in [2.24, 2.45) is 0 Å². The lowest BCUT2D eigenvalue weighted by Crippen LogP contribution is -2.34. The van der Waals surface area contributed by atoms with Crippen LogP contribution in [0.4, 0.5) is 11.4 Å². The second-order valence-corrected chi connectivity index (χ2v) is 10.9. The quantitative estimate of drug-likeness (QED) is 0.104. The second-order valence-electron chi connectivity index (χ2n) is 10.9. The Labute approximate surface area is 275 Å². The maximum atomic E-state index is 13.2. The summed E-state index contributed by atoms with van der Waals surface area (Å²) >= 11 is 0. The number of aromatic nitrogens is 1. The Hall–Kier alpha value is -5.76. The van der Waals surface area contributed by atoms with Gasteiger partial charge in [-0.25, -0.2) is 4.79 Å². The van der Waals surface area contributed by atoms with Gasteiger partial charge in [0.15, 0.2) is 5.78 Å². The number of hydrogen-bond acceptors (Lipinski definition) is 7. The van der Waals surface area contributed by atoms with Crippen molar-refractivity contribution in [3.63, 3.8) is 0 Å². The Morgan fingerprint density at radius 1 is 0.787 bits per heavy atom. The molecule has 1 heterocycles. The smallest absolute Gasteiger partial charge is 0.328 e. The minimum absolute atomic E-state index is 0.00685. The third-order valence-corrected chi connectivity index (χ3v) is 7.69. The molecule has 1 N–H and O–H groups in total. The van der Waals surface area contributed by atoms with Crippen LogP contribution in [0.15, 0.2) is 134 Å². The fourth-order valence-electron chi connectivity index (χ4n) is 5.23. The lowest BCUT2D eigenvalue weighted by molar-refractivity contribution is -0.141. The fourth-order valence-corrected chi connectivity index (χ4v) is 5.23. The molecule has 0 spiro atoms. The molecule has 0 fully saturated rings. The van der Waals surface area contributed by atoms with E-state index in [1.165, 1.54) is 7.11 Å². The second kappa shape index (κ2) is 16.5. The molecule has 238 valence electrons. The van der Waals surface area contributed by atoms with Crippen LogP contribution in [-0.2, 0) is 27.2 Å². The Morgan fingerprint density at radius 3 is 2.19 bits per heavy atom. The first kappa shape index (κ1) is 32.6. The van der Waals surface area contributed by atoms with Crippen LogP contribution in [0, 0.1) is 0 Å². The third-order valence-electron chi connectivity index (χ3n) is 7.69. The van der Waals surface area contributed by atoms with Crippen molar-refractivity contribution in [3.8, 4) is 5.75 Å². The maximum Gasteiger partial charge on any atom is 0.328 e. The first-order chi connectivity index (χ1) is 23.0. The molecule has 5 rings (SSSR count). The summed E-state index contributed by atoms with van der Waals surface area (Å²) in [6, 6.07) is 36.3. The first-order valence-electron chi connectivity index (χ1n) is 15.5. The van der Waals surface area contributed by atoms with Gasteiger partial charge in [0, 0.05) is 47.7 Å². The molecule has 4 aromatic carbocycles. The van der Waals surface area contributed by atoms with E-state index in [1.54, 1.807) is 47.6 Å². The van der Waals surface area contributed by atoms with Crippen molar-refractivity contribution in [2.45, 2.75) is 25.3 Å². The highest BCUT2D eigenvalue weighted by Gasteiger charge is 2.23. The summed E-state index contributed by atoms with van der Waals surface area (Å²) in [6.07, 6.45) is 4.79. The topological polar surface area (TPSA) is 97.8 Å². The number of hydrogen-bond donors (Lipinski definition) is 1. The zero-order valence-corrected chi connectivity index (χ0v) is 26.3. The van der Waals surface area contributed by atoms with Gasteiger partial charge >= 0.3 is 5.97 Å².